The number of piperazine rings is 1. The van der Waals surface area contributed by atoms with Crippen molar-refractivity contribution in [2.75, 3.05) is 50.9 Å². The number of aromatic nitrogens is 2. The minimum atomic E-state index is -4.05. The van der Waals surface area contributed by atoms with Crippen LogP contribution in [0, 0.1) is 5.82 Å². The second-order valence-corrected chi connectivity index (χ2v) is 12.8. The lowest BCUT2D eigenvalue weighted by molar-refractivity contribution is -0.126. The molecular weight excluding hydrogens is 573 g/mol. The van der Waals surface area contributed by atoms with Crippen molar-refractivity contribution >= 4 is 44.1 Å². The molecule has 0 radical (unpaired) electrons. The molecule has 0 aliphatic carbocycles. The zero-order chi connectivity index (χ0) is 29.6. The summed E-state index contributed by atoms with van der Waals surface area (Å²) in [6.07, 6.45) is 3.93. The summed E-state index contributed by atoms with van der Waals surface area (Å²) in [7, 11) is -2.12. The molecule has 1 amide bonds. The summed E-state index contributed by atoms with van der Waals surface area (Å²) in [5.74, 6) is -1.37. The van der Waals surface area contributed by atoms with Crippen molar-refractivity contribution in [1.82, 2.24) is 19.4 Å². The number of amides is 1. The molecule has 13 heteroatoms. The van der Waals surface area contributed by atoms with E-state index in [9.17, 15) is 27.5 Å². The fourth-order valence-electron chi connectivity index (χ4n) is 5.74. The van der Waals surface area contributed by atoms with Gasteiger partial charge in [-0.1, -0.05) is 24.2 Å². The van der Waals surface area contributed by atoms with Crippen LogP contribution in [0.5, 0.6) is 5.75 Å². The molecule has 2 fully saturated rings. The van der Waals surface area contributed by atoms with Crippen molar-refractivity contribution in [3.8, 4) is 17.0 Å². The maximum absolute atomic E-state index is 14.9. The number of carbonyl (C=O) groups excluding carboxylic acids is 1. The van der Waals surface area contributed by atoms with Crippen molar-refractivity contribution < 1.29 is 22.7 Å². The van der Waals surface area contributed by atoms with E-state index in [0.29, 0.717) is 5.39 Å². The topological polar surface area (TPSA) is 116 Å². The Balaban J connectivity index is 1.81. The first kappa shape index (κ1) is 29.0. The highest BCUT2D eigenvalue weighted by Crippen LogP contribution is 2.40. The highest BCUT2D eigenvalue weighted by atomic mass is 35.5. The lowest BCUT2D eigenvalue weighted by Crippen LogP contribution is -2.49. The molecule has 0 saturated carbocycles. The first-order chi connectivity index (χ1) is 19.4. The highest BCUT2D eigenvalue weighted by Gasteiger charge is 2.33. The molecule has 2 saturated heterocycles. The first-order valence-electron chi connectivity index (χ1n) is 13.2. The monoisotopic (exact) mass is 603 g/mol. The average molecular weight is 604 g/mol. The number of likely N-dealkylation sites (tertiary alicyclic amines) is 1. The third-order valence-corrected chi connectivity index (χ3v) is 9.27. The minimum Gasteiger partial charge on any atom is -0.507 e. The van der Waals surface area contributed by atoms with Crippen molar-refractivity contribution in [2.45, 2.75) is 30.3 Å². The predicted molar refractivity (Wildman–Crippen MR) is 156 cm³/mol. The second kappa shape index (κ2) is 11.1. The molecule has 1 aromatic carbocycles. The van der Waals surface area contributed by atoms with Gasteiger partial charge in [0.25, 0.3) is 5.56 Å². The van der Waals surface area contributed by atoms with Crippen LogP contribution in [0.1, 0.15) is 12.8 Å². The third kappa shape index (κ3) is 5.31. The normalized spacial score (nSPS) is 18.3. The summed E-state index contributed by atoms with van der Waals surface area (Å²) in [6.45, 7) is 5.58. The number of nitrogens with zero attached hydrogens (tertiary/aromatic N) is 5. The molecule has 0 spiro atoms. The zero-order valence-corrected chi connectivity index (χ0v) is 24.4. The van der Waals surface area contributed by atoms with Gasteiger partial charge in [-0.3, -0.25) is 14.2 Å². The van der Waals surface area contributed by atoms with Crippen LogP contribution in [0.4, 0.5) is 10.1 Å². The number of rotatable bonds is 6. The number of anilines is 1. The zero-order valence-electron chi connectivity index (χ0n) is 22.8. The van der Waals surface area contributed by atoms with Gasteiger partial charge in [0.1, 0.15) is 17.2 Å². The van der Waals surface area contributed by atoms with Gasteiger partial charge in [0.05, 0.1) is 22.0 Å². The van der Waals surface area contributed by atoms with Gasteiger partial charge in [-0.25, -0.2) is 17.8 Å². The van der Waals surface area contributed by atoms with Gasteiger partial charge in [0.2, 0.25) is 5.91 Å². The number of benzene rings is 1. The van der Waals surface area contributed by atoms with E-state index in [1.165, 1.54) is 34.9 Å². The summed E-state index contributed by atoms with van der Waals surface area (Å²) in [5, 5.41) is 10.8. The fourth-order valence-corrected chi connectivity index (χ4v) is 7.01. The SMILES string of the molecule is C=CC(=O)N1CCN(c2c(S(C)(=O)=O)c(=O)n(C[C@@H]3CCCN3C)c3nc(-c4c(O)cccc4F)c(Cl)cc23)CC1. The van der Waals surface area contributed by atoms with Gasteiger partial charge in [0, 0.05) is 50.4 Å². The van der Waals surface area contributed by atoms with E-state index in [2.05, 4.69) is 16.5 Å². The number of phenols is 1. The van der Waals surface area contributed by atoms with Gasteiger partial charge in [0.15, 0.2) is 14.7 Å². The molecule has 1 N–H and O–H groups in total. The number of likely N-dealkylation sites (N-methyl/N-ethyl adjacent to an activating group) is 1. The Kier molecular flexibility index (Phi) is 7.84. The van der Waals surface area contributed by atoms with Crippen LogP contribution in [-0.4, -0.2) is 90.9 Å². The van der Waals surface area contributed by atoms with E-state index in [1.54, 1.807) is 9.80 Å². The van der Waals surface area contributed by atoms with Gasteiger partial charge in [-0.2, -0.15) is 0 Å². The fraction of sp³-hybridized carbons (Fsp3) is 0.393. The molecule has 0 bridgehead atoms. The van der Waals surface area contributed by atoms with Gasteiger partial charge < -0.3 is 19.8 Å². The predicted octanol–water partition coefficient (Wildman–Crippen LogP) is 2.89. The molecule has 3 aromatic rings. The molecule has 2 aliphatic rings. The first-order valence-corrected chi connectivity index (χ1v) is 15.5. The van der Waals surface area contributed by atoms with Crippen LogP contribution in [0.25, 0.3) is 22.3 Å². The van der Waals surface area contributed by atoms with Gasteiger partial charge in [-0.15, -0.1) is 0 Å². The Morgan fingerprint density at radius 2 is 1.95 bits per heavy atom. The summed E-state index contributed by atoms with van der Waals surface area (Å²) in [5.41, 5.74) is -0.750. The maximum atomic E-state index is 14.9. The Morgan fingerprint density at radius 1 is 1.24 bits per heavy atom. The average Bonchev–Trinajstić information content (AvgIpc) is 3.33. The third-order valence-electron chi connectivity index (χ3n) is 7.87. The molecule has 218 valence electrons. The number of halogens is 2. The smallest absolute Gasteiger partial charge is 0.273 e. The van der Waals surface area contributed by atoms with E-state index in [-0.39, 0.29) is 82.9 Å². The second-order valence-electron chi connectivity index (χ2n) is 10.5. The summed E-state index contributed by atoms with van der Waals surface area (Å²) < 4.78 is 42.7. The van der Waals surface area contributed by atoms with E-state index in [1.807, 2.05) is 7.05 Å². The Hall–Kier alpha value is -3.48. The summed E-state index contributed by atoms with van der Waals surface area (Å²) in [6, 6.07) is 5.25. The Bertz CT molecular complexity index is 1700. The molecule has 41 heavy (non-hydrogen) atoms. The number of carbonyl (C=O) groups is 1. The molecule has 5 rings (SSSR count). The van der Waals surface area contributed by atoms with E-state index in [4.69, 9.17) is 11.6 Å². The van der Waals surface area contributed by atoms with E-state index in [0.717, 1.165) is 25.6 Å². The molecular formula is C28H31ClFN5O5S. The van der Waals surface area contributed by atoms with E-state index >= 15 is 0 Å². The van der Waals surface area contributed by atoms with E-state index < -0.39 is 21.2 Å². The largest absolute Gasteiger partial charge is 0.507 e. The number of hydrogen-bond acceptors (Lipinski definition) is 8. The summed E-state index contributed by atoms with van der Waals surface area (Å²) in [4.78, 5) is 36.0. The lowest BCUT2D eigenvalue weighted by atomic mass is 10.1. The Labute approximate surface area is 242 Å². The number of hydrogen-bond donors (Lipinski definition) is 1. The van der Waals surface area contributed by atoms with Crippen LogP contribution in [0.15, 0.2) is 46.6 Å². The summed E-state index contributed by atoms with van der Waals surface area (Å²) >= 11 is 6.66. The molecule has 1 atom stereocenters. The van der Waals surface area contributed by atoms with Gasteiger partial charge >= 0.3 is 0 Å². The van der Waals surface area contributed by atoms with Gasteiger partial charge in [-0.05, 0) is 50.7 Å². The quantitative estimate of drug-likeness (QED) is 0.428. The molecule has 2 aliphatic heterocycles. The maximum Gasteiger partial charge on any atom is 0.273 e. The lowest BCUT2D eigenvalue weighted by Gasteiger charge is -2.37. The van der Waals surface area contributed by atoms with Crippen LogP contribution >= 0.6 is 11.6 Å². The van der Waals surface area contributed by atoms with Crippen LogP contribution in [-0.2, 0) is 21.2 Å². The number of aromatic hydroxyl groups is 1. The number of sulfone groups is 1. The highest BCUT2D eigenvalue weighted by molar-refractivity contribution is 7.90. The van der Waals surface area contributed by atoms with Crippen molar-refractivity contribution in [2.24, 2.45) is 0 Å². The van der Waals surface area contributed by atoms with Crippen molar-refractivity contribution in [3.63, 3.8) is 0 Å². The number of phenolic OH excluding ortho intramolecular Hbond substituents is 1. The minimum absolute atomic E-state index is 0.0257. The van der Waals surface area contributed by atoms with Crippen molar-refractivity contribution in [3.05, 3.63) is 58.1 Å². The van der Waals surface area contributed by atoms with Crippen molar-refractivity contribution in [1.29, 1.82) is 0 Å². The van der Waals surface area contributed by atoms with Crippen LogP contribution in [0.2, 0.25) is 5.02 Å². The molecule has 10 nitrogen and oxygen atoms in total. The Morgan fingerprint density at radius 3 is 2.54 bits per heavy atom. The molecule has 4 heterocycles. The number of pyridine rings is 2. The standard InChI is InChI=1S/C28H31ClFN5O5S/c1-4-22(37)33-11-13-34(14-12-33)25-18-15-19(29)24(23-20(30)8-5-9-21(23)36)31-27(18)35(16-17-7-6-10-32(17)2)28(38)26(25)41(3,39)40/h4-5,8-9,15,17,36H,1,6-7,10-14,16H2,2-3H3/t17-/m0/s1. The number of fused-ring (bicyclic) bond motifs is 1. The van der Waals surface area contributed by atoms with Crippen LogP contribution < -0.4 is 10.5 Å². The molecule has 2 aromatic heterocycles. The molecule has 0 unspecified atom stereocenters. The van der Waals surface area contributed by atoms with Crippen LogP contribution in [0.3, 0.4) is 0 Å².